The van der Waals surface area contributed by atoms with Crippen molar-refractivity contribution in [3.8, 4) is 0 Å². The molecule has 3 unspecified atom stereocenters. The van der Waals surface area contributed by atoms with Crippen LogP contribution in [0.4, 0.5) is 5.69 Å². The van der Waals surface area contributed by atoms with Crippen LogP contribution in [0.2, 0.25) is 0 Å². The number of anilines is 1. The fourth-order valence-electron chi connectivity index (χ4n) is 4.24. The van der Waals surface area contributed by atoms with E-state index in [1.54, 1.807) is 4.90 Å². The van der Waals surface area contributed by atoms with E-state index in [2.05, 4.69) is 13.8 Å². The predicted octanol–water partition coefficient (Wildman–Crippen LogP) is 2.49. The van der Waals surface area contributed by atoms with Crippen molar-refractivity contribution in [3.63, 3.8) is 0 Å². The molecule has 2 fully saturated rings. The Morgan fingerprint density at radius 1 is 1.41 bits per heavy atom. The summed E-state index contributed by atoms with van der Waals surface area (Å²) in [6.45, 7) is 6.92. The van der Waals surface area contributed by atoms with Crippen LogP contribution in [0.3, 0.4) is 0 Å². The van der Waals surface area contributed by atoms with Gasteiger partial charge in [-0.3, -0.25) is 4.79 Å². The van der Waals surface area contributed by atoms with Crippen molar-refractivity contribution in [2.45, 2.75) is 45.3 Å². The maximum Gasteiger partial charge on any atom is 0.247 e. The van der Waals surface area contributed by atoms with Crippen LogP contribution in [-0.4, -0.2) is 31.2 Å². The highest BCUT2D eigenvalue weighted by atomic mass is 16.5. The summed E-state index contributed by atoms with van der Waals surface area (Å²) in [6, 6.07) is 7.96. The number of nitrogens with zero attached hydrogens (tertiary/aromatic N) is 1. The highest BCUT2D eigenvalue weighted by Crippen LogP contribution is 2.58. The number of aryl methyl sites for hydroxylation is 1. The third kappa shape index (κ3) is 1.94. The first kappa shape index (κ1) is 15.5. The molecule has 4 heteroatoms. The average Bonchev–Trinajstić information content (AvgIpc) is 2.52. The van der Waals surface area contributed by atoms with Crippen LogP contribution in [0, 0.1) is 18.3 Å². The molecule has 2 aliphatic rings. The zero-order valence-electron chi connectivity index (χ0n) is 13.9. The molecule has 0 bridgehead atoms. The van der Waals surface area contributed by atoms with E-state index in [9.17, 15) is 4.79 Å². The summed E-state index contributed by atoms with van der Waals surface area (Å²) in [4.78, 5) is 14.9. The largest absolute Gasteiger partial charge is 0.377 e. The second-order valence-corrected chi connectivity index (χ2v) is 7.33. The Morgan fingerprint density at radius 2 is 2.14 bits per heavy atom. The van der Waals surface area contributed by atoms with Gasteiger partial charge in [-0.1, -0.05) is 26.0 Å². The standard InChI is InChI=1S/C18H26N2O2/c1-12-7-5-8-13(11-12)20(4)16(21)18(19)14-9-6-10-22-15(14)17(18,2)3/h5,7-8,11,14-15H,6,9-10,19H2,1-4H3. The van der Waals surface area contributed by atoms with Crippen LogP contribution in [0.15, 0.2) is 24.3 Å². The average molecular weight is 302 g/mol. The molecule has 2 N–H and O–H groups in total. The number of likely N-dealkylation sites (N-methyl/N-ethyl adjacent to an activating group) is 1. The normalized spacial score (nSPS) is 32.8. The molecular weight excluding hydrogens is 276 g/mol. The first-order chi connectivity index (χ1) is 10.3. The number of amides is 1. The lowest BCUT2D eigenvalue weighted by atomic mass is 9.46. The van der Waals surface area contributed by atoms with Crippen molar-refractivity contribution in [3.05, 3.63) is 29.8 Å². The van der Waals surface area contributed by atoms with Crippen molar-refractivity contribution in [2.75, 3.05) is 18.6 Å². The van der Waals surface area contributed by atoms with Gasteiger partial charge in [0.1, 0.15) is 5.54 Å². The SMILES string of the molecule is Cc1cccc(N(C)C(=O)C2(N)C3CCCOC3C2(C)C)c1. The number of nitrogens with two attached hydrogens (primary N) is 1. The topological polar surface area (TPSA) is 55.6 Å². The quantitative estimate of drug-likeness (QED) is 0.913. The maximum absolute atomic E-state index is 13.2. The van der Waals surface area contributed by atoms with Crippen LogP contribution >= 0.6 is 0 Å². The Hall–Kier alpha value is -1.39. The van der Waals surface area contributed by atoms with E-state index in [-0.39, 0.29) is 23.3 Å². The van der Waals surface area contributed by atoms with E-state index in [0.29, 0.717) is 0 Å². The molecule has 4 nitrogen and oxygen atoms in total. The molecule has 3 rings (SSSR count). The zero-order valence-corrected chi connectivity index (χ0v) is 13.9. The number of hydrogen-bond acceptors (Lipinski definition) is 3. The second kappa shape index (κ2) is 5.07. The molecule has 3 atom stereocenters. The van der Waals surface area contributed by atoms with Crippen LogP contribution in [0.25, 0.3) is 0 Å². The fourth-order valence-corrected chi connectivity index (χ4v) is 4.24. The molecule has 1 heterocycles. The van der Waals surface area contributed by atoms with Gasteiger partial charge in [-0.25, -0.2) is 0 Å². The van der Waals surface area contributed by atoms with E-state index in [0.717, 1.165) is 30.7 Å². The van der Waals surface area contributed by atoms with E-state index >= 15 is 0 Å². The Kier molecular flexibility index (Phi) is 3.57. The lowest BCUT2D eigenvalue weighted by Gasteiger charge is -2.65. The summed E-state index contributed by atoms with van der Waals surface area (Å²) < 4.78 is 5.89. The summed E-state index contributed by atoms with van der Waals surface area (Å²) in [5.74, 6) is 0.117. The summed E-state index contributed by atoms with van der Waals surface area (Å²) in [6.07, 6.45) is 2.05. The van der Waals surface area contributed by atoms with Crippen molar-refractivity contribution in [2.24, 2.45) is 17.1 Å². The van der Waals surface area contributed by atoms with Crippen molar-refractivity contribution in [1.29, 1.82) is 0 Å². The summed E-state index contributed by atoms with van der Waals surface area (Å²) in [5.41, 5.74) is 7.52. The highest BCUT2D eigenvalue weighted by molar-refractivity contribution is 6.01. The molecule has 1 aliphatic carbocycles. The van der Waals surface area contributed by atoms with E-state index in [1.165, 1.54) is 0 Å². The van der Waals surface area contributed by atoms with Crippen LogP contribution < -0.4 is 10.6 Å². The number of benzene rings is 1. The molecule has 0 spiro atoms. The molecule has 1 aliphatic heterocycles. The highest BCUT2D eigenvalue weighted by Gasteiger charge is 2.70. The van der Waals surface area contributed by atoms with Gasteiger partial charge in [0.15, 0.2) is 0 Å². The van der Waals surface area contributed by atoms with Crippen molar-refractivity contribution < 1.29 is 9.53 Å². The number of fused-ring (bicyclic) bond motifs is 1. The van der Waals surface area contributed by atoms with Gasteiger partial charge >= 0.3 is 0 Å². The molecule has 1 aromatic rings. The minimum absolute atomic E-state index is 0.00477. The lowest BCUT2D eigenvalue weighted by Crippen LogP contribution is -2.82. The van der Waals surface area contributed by atoms with Gasteiger partial charge in [0.2, 0.25) is 5.91 Å². The number of rotatable bonds is 2. The van der Waals surface area contributed by atoms with Crippen LogP contribution in [0.5, 0.6) is 0 Å². The maximum atomic E-state index is 13.2. The first-order valence-corrected chi connectivity index (χ1v) is 8.05. The summed E-state index contributed by atoms with van der Waals surface area (Å²) in [7, 11) is 1.82. The summed E-state index contributed by atoms with van der Waals surface area (Å²) >= 11 is 0. The first-order valence-electron chi connectivity index (χ1n) is 8.05. The molecule has 1 amide bonds. The predicted molar refractivity (Wildman–Crippen MR) is 87.8 cm³/mol. The van der Waals surface area contributed by atoms with E-state index in [4.69, 9.17) is 10.5 Å². The van der Waals surface area contributed by atoms with Crippen LogP contribution in [-0.2, 0) is 9.53 Å². The number of ether oxygens (including phenoxy) is 1. The molecule has 1 saturated heterocycles. The zero-order chi connectivity index (χ0) is 16.1. The molecule has 0 radical (unpaired) electrons. The Morgan fingerprint density at radius 3 is 2.82 bits per heavy atom. The Labute approximate surface area is 132 Å². The number of hydrogen-bond donors (Lipinski definition) is 1. The second-order valence-electron chi connectivity index (χ2n) is 7.33. The van der Waals surface area contributed by atoms with Gasteiger partial charge in [-0.15, -0.1) is 0 Å². The third-order valence-corrected chi connectivity index (χ3v) is 5.73. The van der Waals surface area contributed by atoms with Crippen LogP contribution in [0.1, 0.15) is 32.3 Å². The van der Waals surface area contributed by atoms with E-state index in [1.807, 2.05) is 38.2 Å². The number of carbonyl (C=O) groups excluding carboxylic acids is 1. The van der Waals surface area contributed by atoms with Gasteiger partial charge < -0.3 is 15.4 Å². The minimum atomic E-state index is -0.851. The Bertz CT molecular complexity index is 599. The molecule has 120 valence electrons. The van der Waals surface area contributed by atoms with Gasteiger partial charge in [0, 0.05) is 30.7 Å². The molecular formula is C18H26N2O2. The summed E-state index contributed by atoms with van der Waals surface area (Å²) in [5, 5.41) is 0. The molecule has 1 saturated carbocycles. The van der Waals surface area contributed by atoms with Gasteiger partial charge in [-0.2, -0.15) is 0 Å². The molecule has 22 heavy (non-hydrogen) atoms. The van der Waals surface area contributed by atoms with Gasteiger partial charge in [0.05, 0.1) is 6.10 Å². The Balaban J connectivity index is 1.90. The van der Waals surface area contributed by atoms with Gasteiger partial charge in [0.25, 0.3) is 0 Å². The van der Waals surface area contributed by atoms with Crippen molar-refractivity contribution >= 4 is 11.6 Å². The monoisotopic (exact) mass is 302 g/mol. The third-order valence-electron chi connectivity index (χ3n) is 5.73. The minimum Gasteiger partial charge on any atom is -0.377 e. The smallest absolute Gasteiger partial charge is 0.247 e. The molecule has 1 aromatic carbocycles. The van der Waals surface area contributed by atoms with E-state index < -0.39 is 5.54 Å². The molecule has 0 aromatic heterocycles. The lowest BCUT2D eigenvalue weighted by molar-refractivity contribution is -0.223. The van der Waals surface area contributed by atoms with Gasteiger partial charge in [-0.05, 0) is 37.5 Å². The van der Waals surface area contributed by atoms with Crippen molar-refractivity contribution in [1.82, 2.24) is 0 Å². The fraction of sp³-hybridized carbons (Fsp3) is 0.611. The number of carbonyl (C=O) groups is 1.